The molecule has 72 valence electrons. The van der Waals surface area contributed by atoms with E-state index in [9.17, 15) is 0 Å². The van der Waals surface area contributed by atoms with Crippen LogP contribution in [0.5, 0.6) is 0 Å². The van der Waals surface area contributed by atoms with Crippen LogP contribution in [-0.2, 0) is 0 Å². The molecule has 1 heterocycles. The number of hydrogen-bond acceptors (Lipinski definition) is 1. The lowest BCUT2D eigenvalue weighted by Gasteiger charge is -2.01. The molecule has 0 unspecified atom stereocenters. The number of furan rings is 1. The van der Waals surface area contributed by atoms with Gasteiger partial charge in [0, 0.05) is 5.56 Å². The Bertz CT molecular complexity index is 437. The summed E-state index contributed by atoms with van der Waals surface area (Å²) in [6, 6.07) is 8.46. The van der Waals surface area contributed by atoms with Crippen molar-refractivity contribution in [3.8, 4) is 11.1 Å². The van der Waals surface area contributed by atoms with Crippen LogP contribution in [0.15, 0.2) is 39.6 Å². The summed E-state index contributed by atoms with van der Waals surface area (Å²) in [5.74, 6) is 0. The summed E-state index contributed by atoms with van der Waals surface area (Å²) in [5, 5.41) is 0. The molecular weight excluding hydrogens is 240 g/mol. The van der Waals surface area contributed by atoms with Crippen LogP contribution in [0.3, 0.4) is 0 Å². The summed E-state index contributed by atoms with van der Waals surface area (Å²) in [5.41, 5.74) is 4.87. The molecule has 2 rings (SSSR count). The number of halogens is 1. The molecule has 0 N–H and O–H groups in total. The van der Waals surface area contributed by atoms with Gasteiger partial charge in [-0.25, -0.2) is 0 Å². The zero-order valence-corrected chi connectivity index (χ0v) is 9.76. The topological polar surface area (TPSA) is 13.1 Å². The van der Waals surface area contributed by atoms with Gasteiger partial charge >= 0.3 is 0 Å². The van der Waals surface area contributed by atoms with E-state index in [1.165, 1.54) is 16.7 Å². The van der Waals surface area contributed by atoms with Gasteiger partial charge in [-0.15, -0.1) is 0 Å². The lowest BCUT2D eigenvalue weighted by Crippen LogP contribution is -1.80. The third-order valence-corrected chi connectivity index (χ3v) is 2.54. The molecule has 0 aliphatic rings. The maximum atomic E-state index is 5.22. The first kappa shape index (κ1) is 9.53. The fraction of sp³-hybridized carbons (Fsp3) is 0.167. The van der Waals surface area contributed by atoms with E-state index in [1.807, 2.05) is 6.07 Å². The van der Waals surface area contributed by atoms with Gasteiger partial charge in [0.25, 0.3) is 0 Å². The first-order valence-electron chi connectivity index (χ1n) is 4.48. The first-order chi connectivity index (χ1) is 6.65. The van der Waals surface area contributed by atoms with Gasteiger partial charge < -0.3 is 4.42 Å². The van der Waals surface area contributed by atoms with Gasteiger partial charge in [0.05, 0.1) is 6.26 Å². The minimum atomic E-state index is 0.770. The van der Waals surface area contributed by atoms with Gasteiger partial charge in [0.1, 0.15) is 0 Å². The zero-order valence-electron chi connectivity index (χ0n) is 8.17. The first-order valence-corrected chi connectivity index (χ1v) is 5.27. The SMILES string of the molecule is Cc1cc(C)cc(-c2coc(Br)c2)c1. The van der Waals surface area contributed by atoms with Crippen molar-refractivity contribution in [1.82, 2.24) is 0 Å². The molecule has 0 atom stereocenters. The molecule has 1 nitrogen and oxygen atoms in total. The Kier molecular flexibility index (Phi) is 2.46. The highest BCUT2D eigenvalue weighted by Gasteiger charge is 2.02. The van der Waals surface area contributed by atoms with Crippen molar-refractivity contribution < 1.29 is 4.42 Å². The number of hydrogen-bond donors (Lipinski definition) is 0. The van der Waals surface area contributed by atoms with Crippen LogP contribution >= 0.6 is 15.9 Å². The summed E-state index contributed by atoms with van der Waals surface area (Å²) >= 11 is 3.30. The molecule has 0 amide bonds. The van der Waals surface area contributed by atoms with E-state index in [4.69, 9.17) is 4.42 Å². The molecule has 2 aromatic rings. The lowest BCUT2D eigenvalue weighted by atomic mass is 10.0. The Labute approximate surface area is 91.9 Å². The smallest absolute Gasteiger partial charge is 0.169 e. The summed E-state index contributed by atoms with van der Waals surface area (Å²) in [6.45, 7) is 4.21. The second kappa shape index (κ2) is 3.62. The van der Waals surface area contributed by atoms with Crippen molar-refractivity contribution in [2.75, 3.05) is 0 Å². The fourth-order valence-electron chi connectivity index (χ4n) is 1.60. The van der Waals surface area contributed by atoms with Gasteiger partial charge in [0.2, 0.25) is 0 Å². The summed E-state index contributed by atoms with van der Waals surface area (Å²) < 4.78 is 5.99. The van der Waals surface area contributed by atoms with Crippen molar-refractivity contribution in [2.45, 2.75) is 13.8 Å². The van der Waals surface area contributed by atoms with E-state index >= 15 is 0 Å². The van der Waals surface area contributed by atoms with Crippen molar-refractivity contribution in [3.63, 3.8) is 0 Å². The van der Waals surface area contributed by atoms with Gasteiger partial charge in [-0.3, -0.25) is 0 Å². The molecule has 14 heavy (non-hydrogen) atoms. The van der Waals surface area contributed by atoms with Crippen LogP contribution in [0.25, 0.3) is 11.1 Å². The average Bonchev–Trinajstić information content (AvgIpc) is 2.50. The van der Waals surface area contributed by atoms with Crippen LogP contribution < -0.4 is 0 Å². The predicted molar refractivity (Wildman–Crippen MR) is 61.3 cm³/mol. The van der Waals surface area contributed by atoms with Crippen LogP contribution in [0.2, 0.25) is 0 Å². The third-order valence-electron chi connectivity index (χ3n) is 2.12. The largest absolute Gasteiger partial charge is 0.457 e. The molecule has 0 bridgehead atoms. The molecule has 0 fully saturated rings. The monoisotopic (exact) mass is 250 g/mol. The van der Waals surface area contributed by atoms with Crippen LogP contribution in [0.4, 0.5) is 0 Å². The van der Waals surface area contributed by atoms with Crippen LogP contribution in [0.1, 0.15) is 11.1 Å². The molecule has 0 radical (unpaired) electrons. The van der Waals surface area contributed by atoms with Crippen molar-refractivity contribution in [2.24, 2.45) is 0 Å². The van der Waals surface area contributed by atoms with E-state index in [1.54, 1.807) is 6.26 Å². The maximum Gasteiger partial charge on any atom is 0.169 e. The minimum absolute atomic E-state index is 0.770. The summed E-state index contributed by atoms with van der Waals surface area (Å²) in [4.78, 5) is 0. The van der Waals surface area contributed by atoms with Crippen LogP contribution in [0, 0.1) is 13.8 Å². The molecule has 0 saturated carbocycles. The third kappa shape index (κ3) is 1.90. The van der Waals surface area contributed by atoms with E-state index in [2.05, 4.69) is 48.0 Å². The van der Waals surface area contributed by atoms with E-state index in [0.29, 0.717) is 0 Å². The van der Waals surface area contributed by atoms with Gasteiger partial charge in [-0.1, -0.05) is 29.3 Å². The molecule has 0 aliphatic heterocycles. The van der Waals surface area contributed by atoms with Gasteiger partial charge in [-0.2, -0.15) is 0 Å². The average molecular weight is 251 g/mol. The second-order valence-corrected chi connectivity index (χ2v) is 4.30. The second-order valence-electron chi connectivity index (χ2n) is 3.52. The van der Waals surface area contributed by atoms with E-state index in [-0.39, 0.29) is 0 Å². The lowest BCUT2D eigenvalue weighted by molar-refractivity contribution is 0.542. The summed E-state index contributed by atoms with van der Waals surface area (Å²) in [6.07, 6.45) is 1.76. The molecule has 0 spiro atoms. The number of aryl methyl sites for hydroxylation is 2. The molecule has 2 heteroatoms. The highest BCUT2D eigenvalue weighted by Crippen LogP contribution is 2.26. The van der Waals surface area contributed by atoms with E-state index in [0.717, 1.165) is 10.2 Å². The van der Waals surface area contributed by atoms with E-state index < -0.39 is 0 Å². The molecular formula is C12H11BrO. The van der Waals surface area contributed by atoms with Crippen molar-refractivity contribution >= 4 is 15.9 Å². The molecule has 1 aromatic carbocycles. The summed E-state index contributed by atoms with van der Waals surface area (Å²) in [7, 11) is 0. The Morgan fingerprint density at radius 3 is 2.07 bits per heavy atom. The fourth-order valence-corrected chi connectivity index (χ4v) is 1.94. The number of benzene rings is 1. The molecule has 1 aromatic heterocycles. The standard InChI is InChI=1S/C12H11BrO/c1-8-3-9(2)5-10(4-8)11-6-12(13)14-7-11/h3-7H,1-2H3. The van der Waals surface area contributed by atoms with Crippen molar-refractivity contribution in [1.29, 1.82) is 0 Å². The molecule has 0 saturated heterocycles. The normalized spacial score (nSPS) is 10.5. The Hall–Kier alpha value is -1.02. The highest BCUT2D eigenvalue weighted by molar-refractivity contribution is 9.10. The quantitative estimate of drug-likeness (QED) is 0.735. The number of rotatable bonds is 1. The molecule has 0 aliphatic carbocycles. The van der Waals surface area contributed by atoms with Crippen LogP contribution in [-0.4, -0.2) is 0 Å². The van der Waals surface area contributed by atoms with Gasteiger partial charge in [-0.05, 0) is 41.4 Å². The predicted octanol–water partition coefficient (Wildman–Crippen LogP) is 4.33. The minimum Gasteiger partial charge on any atom is -0.457 e. The Balaban J connectivity index is 2.51. The maximum absolute atomic E-state index is 5.22. The Morgan fingerprint density at radius 1 is 0.929 bits per heavy atom. The van der Waals surface area contributed by atoms with Gasteiger partial charge in [0.15, 0.2) is 4.67 Å². The highest BCUT2D eigenvalue weighted by atomic mass is 79.9. The Morgan fingerprint density at radius 2 is 1.57 bits per heavy atom. The zero-order chi connectivity index (χ0) is 10.1. The van der Waals surface area contributed by atoms with Crippen molar-refractivity contribution in [3.05, 3.63) is 46.3 Å².